The van der Waals surface area contributed by atoms with Crippen LogP contribution in [0, 0.1) is 18.6 Å². The normalized spacial score (nSPS) is 12.2. The molecule has 7 nitrogen and oxygen atoms in total. The number of aryl methyl sites for hydroxylation is 1. The molecule has 0 unspecified atom stereocenters. The predicted octanol–water partition coefficient (Wildman–Crippen LogP) is 6.03. The van der Waals surface area contributed by atoms with E-state index in [0.717, 1.165) is 6.07 Å². The summed E-state index contributed by atoms with van der Waals surface area (Å²) in [4.78, 5) is 13.0. The van der Waals surface area contributed by atoms with E-state index in [2.05, 4.69) is 15.0 Å². The van der Waals surface area contributed by atoms with Crippen LogP contribution in [-0.2, 0) is 26.3 Å². The summed E-state index contributed by atoms with van der Waals surface area (Å²) in [5.74, 6) is -1.06. The summed E-state index contributed by atoms with van der Waals surface area (Å²) in [6.45, 7) is 5.86. The highest BCUT2D eigenvalue weighted by Gasteiger charge is 2.24. The Morgan fingerprint density at radius 2 is 1.85 bits per heavy atom. The highest BCUT2D eigenvalue weighted by atomic mass is 35.5. The zero-order chi connectivity index (χ0) is 23.8. The van der Waals surface area contributed by atoms with Crippen LogP contribution in [0.1, 0.15) is 30.9 Å². The Bertz CT molecular complexity index is 1370. The molecule has 0 spiro atoms. The molecule has 0 aliphatic rings. The molecule has 11 heteroatoms. The molecule has 0 amide bonds. The van der Waals surface area contributed by atoms with E-state index in [9.17, 15) is 13.3 Å². The van der Waals surface area contributed by atoms with Gasteiger partial charge < -0.3 is 13.6 Å². The largest absolute Gasteiger partial charge is 0.335 e. The Labute approximate surface area is 194 Å². The van der Waals surface area contributed by atoms with Gasteiger partial charge >= 0.3 is 7.60 Å². The average molecular weight is 495 g/mol. The number of aromatic nitrogens is 4. The van der Waals surface area contributed by atoms with E-state index in [1.54, 1.807) is 43.7 Å². The van der Waals surface area contributed by atoms with Crippen molar-refractivity contribution in [2.75, 3.05) is 13.2 Å². The van der Waals surface area contributed by atoms with E-state index in [4.69, 9.17) is 20.6 Å². The first kappa shape index (κ1) is 23.7. The number of hydrogen-bond donors (Lipinski definition) is 0. The lowest BCUT2D eigenvalue weighted by Gasteiger charge is -2.17. The van der Waals surface area contributed by atoms with Crippen molar-refractivity contribution in [1.29, 1.82) is 0 Å². The maximum Gasteiger partial charge on any atom is 0.335 e. The van der Waals surface area contributed by atoms with Gasteiger partial charge in [-0.3, -0.25) is 9.55 Å². The van der Waals surface area contributed by atoms with Crippen LogP contribution >= 0.6 is 19.2 Å². The molecule has 3 heterocycles. The fourth-order valence-corrected chi connectivity index (χ4v) is 5.78. The number of halogens is 3. The van der Waals surface area contributed by atoms with Gasteiger partial charge in [0.25, 0.3) is 0 Å². The van der Waals surface area contributed by atoms with Gasteiger partial charge in [0, 0.05) is 12.3 Å². The Hall–Kier alpha value is -2.45. The van der Waals surface area contributed by atoms with Crippen molar-refractivity contribution < 1.29 is 22.4 Å². The summed E-state index contributed by atoms with van der Waals surface area (Å²) in [6, 6.07) is 5.57. The van der Waals surface area contributed by atoms with Gasteiger partial charge in [0.1, 0.15) is 28.5 Å². The van der Waals surface area contributed by atoms with Crippen molar-refractivity contribution >= 4 is 41.1 Å². The SMILES string of the molecule is CCOP(=O)(Cc1ccc(Cn2c3cc(F)cc(F)c3c3nc(C)nc(Cl)c32)nc1)OCC. The molecule has 0 N–H and O–H groups in total. The first-order chi connectivity index (χ1) is 15.7. The van der Waals surface area contributed by atoms with Gasteiger partial charge in [-0.2, -0.15) is 0 Å². The van der Waals surface area contributed by atoms with Crippen LogP contribution in [0.25, 0.3) is 21.9 Å². The first-order valence-electron chi connectivity index (χ1n) is 10.4. The number of pyridine rings is 1. The van der Waals surface area contributed by atoms with Crippen LogP contribution in [0.3, 0.4) is 0 Å². The highest BCUT2D eigenvalue weighted by molar-refractivity contribution is 7.53. The molecular formula is C22H22ClF2N4O3P. The molecule has 0 aliphatic heterocycles. The van der Waals surface area contributed by atoms with E-state index < -0.39 is 19.2 Å². The molecule has 4 rings (SSSR count). The number of fused-ring (bicyclic) bond motifs is 3. The van der Waals surface area contributed by atoms with Crippen molar-refractivity contribution in [1.82, 2.24) is 19.5 Å². The molecule has 3 aromatic heterocycles. The summed E-state index contributed by atoms with van der Waals surface area (Å²) >= 11 is 6.39. The second-order valence-electron chi connectivity index (χ2n) is 7.39. The number of nitrogens with zero attached hydrogens (tertiary/aromatic N) is 4. The van der Waals surface area contributed by atoms with E-state index in [1.165, 1.54) is 6.07 Å². The van der Waals surface area contributed by atoms with E-state index in [1.807, 2.05) is 0 Å². The van der Waals surface area contributed by atoms with Gasteiger partial charge in [-0.25, -0.2) is 18.7 Å². The summed E-state index contributed by atoms with van der Waals surface area (Å²) in [5.41, 5.74) is 2.28. The van der Waals surface area contributed by atoms with E-state index in [-0.39, 0.29) is 36.5 Å². The predicted molar refractivity (Wildman–Crippen MR) is 123 cm³/mol. The lowest BCUT2D eigenvalue weighted by Crippen LogP contribution is -2.04. The van der Waals surface area contributed by atoms with E-state index in [0.29, 0.717) is 33.6 Å². The minimum atomic E-state index is -3.26. The number of rotatable bonds is 8. The zero-order valence-corrected chi connectivity index (χ0v) is 20.0. The fourth-order valence-electron chi connectivity index (χ4n) is 3.79. The lowest BCUT2D eigenvalue weighted by atomic mass is 10.2. The standard InChI is InChI=1S/C22H22ClF2N4O3P/c1-4-31-33(30,32-5-2)12-14-6-7-16(26-10-14)11-29-18-9-15(24)8-17(25)19(18)20-21(29)22(23)28-13(3)27-20/h6-10H,4-5,11-12H2,1-3H3. The molecular weight excluding hydrogens is 473 g/mol. The summed E-state index contributed by atoms with van der Waals surface area (Å²) in [6.07, 6.45) is 1.67. The van der Waals surface area contributed by atoms with Gasteiger partial charge in [-0.05, 0) is 38.5 Å². The molecule has 33 heavy (non-hydrogen) atoms. The van der Waals surface area contributed by atoms with Gasteiger partial charge in [-0.15, -0.1) is 0 Å². The number of benzene rings is 1. The molecule has 0 bridgehead atoms. The maximum absolute atomic E-state index is 14.7. The third kappa shape index (κ3) is 4.77. The molecule has 0 aliphatic carbocycles. The third-order valence-electron chi connectivity index (χ3n) is 5.02. The summed E-state index contributed by atoms with van der Waals surface area (Å²) < 4.78 is 53.9. The van der Waals surface area contributed by atoms with Gasteiger partial charge in [-0.1, -0.05) is 17.7 Å². The van der Waals surface area contributed by atoms with Crippen molar-refractivity contribution in [3.8, 4) is 0 Å². The maximum atomic E-state index is 14.7. The summed E-state index contributed by atoms with van der Waals surface area (Å²) in [7, 11) is -3.26. The molecule has 0 radical (unpaired) electrons. The minimum Gasteiger partial charge on any atom is -0.330 e. The first-order valence-corrected chi connectivity index (χ1v) is 12.5. The second-order valence-corrected chi connectivity index (χ2v) is 9.80. The van der Waals surface area contributed by atoms with Crippen LogP contribution in [0.15, 0.2) is 30.5 Å². The van der Waals surface area contributed by atoms with Gasteiger partial charge in [0.15, 0.2) is 5.15 Å². The van der Waals surface area contributed by atoms with Crippen LogP contribution in [0.5, 0.6) is 0 Å². The van der Waals surface area contributed by atoms with Crippen LogP contribution < -0.4 is 0 Å². The van der Waals surface area contributed by atoms with Gasteiger partial charge in [0.2, 0.25) is 0 Å². The van der Waals surface area contributed by atoms with Crippen LogP contribution in [0.4, 0.5) is 8.78 Å². The molecule has 4 aromatic rings. The monoisotopic (exact) mass is 494 g/mol. The Kier molecular flexibility index (Phi) is 6.77. The molecule has 0 fully saturated rings. The van der Waals surface area contributed by atoms with Crippen molar-refractivity contribution in [3.63, 3.8) is 0 Å². The second kappa shape index (κ2) is 9.43. The molecule has 174 valence electrons. The van der Waals surface area contributed by atoms with Gasteiger partial charge in [0.05, 0.1) is 42.5 Å². The van der Waals surface area contributed by atoms with Crippen LogP contribution in [0.2, 0.25) is 5.15 Å². The van der Waals surface area contributed by atoms with Crippen molar-refractivity contribution in [2.24, 2.45) is 0 Å². The number of hydrogen-bond acceptors (Lipinski definition) is 6. The van der Waals surface area contributed by atoms with Crippen LogP contribution in [-0.4, -0.2) is 32.7 Å². The Balaban J connectivity index is 1.74. The minimum absolute atomic E-state index is 0.0900. The van der Waals surface area contributed by atoms with Crippen molar-refractivity contribution in [3.05, 3.63) is 64.3 Å². The zero-order valence-electron chi connectivity index (χ0n) is 18.3. The molecule has 0 saturated heterocycles. The lowest BCUT2D eigenvalue weighted by molar-refractivity contribution is 0.219. The summed E-state index contributed by atoms with van der Waals surface area (Å²) in [5, 5.41) is 0.310. The molecule has 0 atom stereocenters. The fraction of sp³-hybridized carbons (Fsp3) is 0.318. The average Bonchev–Trinajstić information content (AvgIpc) is 3.03. The Morgan fingerprint density at radius 3 is 2.48 bits per heavy atom. The Morgan fingerprint density at radius 1 is 1.12 bits per heavy atom. The highest BCUT2D eigenvalue weighted by Crippen LogP contribution is 2.51. The third-order valence-corrected chi connectivity index (χ3v) is 7.34. The smallest absolute Gasteiger partial charge is 0.330 e. The molecule has 1 aromatic carbocycles. The molecule has 0 saturated carbocycles. The van der Waals surface area contributed by atoms with E-state index >= 15 is 0 Å². The van der Waals surface area contributed by atoms with Crippen molar-refractivity contribution in [2.45, 2.75) is 33.5 Å². The topological polar surface area (TPSA) is 79.1 Å². The quantitative estimate of drug-likeness (QED) is 0.220.